The Morgan fingerprint density at radius 3 is 3.03 bits per heavy atom. The van der Waals surface area contributed by atoms with Crippen molar-refractivity contribution in [1.29, 1.82) is 0 Å². The van der Waals surface area contributed by atoms with E-state index in [-0.39, 0.29) is 23.2 Å². The molecule has 3 aliphatic heterocycles. The minimum absolute atomic E-state index is 0.0490. The van der Waals surface area contributed by atoms with Crippen LogP contribution in [0, 0.1) is 0 Å². The first-order chi connectivity index (χ1) is 14.0. The minimum Gasteiger partial charge on any atom is -0.480 e. The summed E-state index contributed by atoms with van der Waals surface area (Å²) in [6.45, 7) is 0.792. The Morgan fingerprint density at radius 2 is 2.21 bits per heavy atom. The highest BCUT2D eigenvalue weighted by molar-refractivity contribution is 7.90. The number of aromatic nitrogens is 1. The molecule has 8 nitrogen and oxygen atoms in total. The fourth-order valence-electron chi connectivity index (χ4n) is 4.27. The number of aliphatic imine (C=N–C) groups is 1. The Kier molecular flexibility index (Phi) is 4.44. The standard InChI is InChI=1S/C20H22N4O4S/c25-18-12-28-20-15(23-18)5-1-7-17(20)29(26,27)24-11-13(10-14-4-2-8-21-14)19-16(24)6-3-9-22-19/h1,5,7,9,11,14,21H,2-4,6,8,10,12H2,(H,23,25)/t14-/m1/s1. The van der Waals surface area contributed by atoms with E-state index in [9.17, 15) is 13.2 Å². The van der Waals surface area contributed by atoms with Crippen molar-refractivity contribution < 1.29 is 17.9 Å². The first kappa shape index (κ1) is 18.4. The number of rotatable bonds is 4. The van der Waals surface area contributed by atoms with Gasteiger partial charge in [0, 0.05) is 18.5 Å². The minimum atomic E-state index is -3.91. The Hall–Kier alpha value is -2.65. The highest BCUT2D eigenvalue weighted by atomic mass is 32.2. The first-order valence-electron chi connectivity index (χ1n) is 9.84. The molecule has 0 radical (unpaired) electrons. The Balaban J connectivity index is 1.60. The molecule has 9 heteroatoms. The largest absolute Gasteiger partial charge is 0.480 e. The lowest BCUT2D eigenvalue weighted by molar-refractivity contribution is -0.118. The third-order valence-corrected chi connectivity index (χ3v) is 7.33. The van der Waals surface area contributed by atoms with Gasteiger partial charge in [0.05, 0.1) is 17.1 Å². The van der Waals surface area contributed by atoms with Gasteiger partial charge in [-0.3, -0.25) is 9.79 Å². The number of hydrogen-bond donors (Lipinski definition) is 2. The number of anilines is 1. The predicted molar refractivity (Wildman–Crippen MR) is 109 cm³/mol. The summed E-state index contributed by atoms with van der Waals surface area (Å²) in [6, 6.07) is 5.11. The van der Waals surface area contributed by atoms with Crippen LogP contribution in [0.3, 0.4) is 0 Å². The van der Waals surface area contributed by atoms with E-state index in [4.69, 9.17) is 4.74 Å². The number of nitrogens with zero attached hydrogens (tertiary/aromatic N) is 2. The van der Waals surface area contributed by atoms with E-state index in [1.54, 1.807) is 18.3 Å². The van der Waals surface area contributed by atoms with Crippen LogP contribution < -0.4 is 15.4 Å². The lowest BCUT2D eigenvalue weighted by Gasteiger charge is -2.21. The maximum absolute atomic E-state index is 13.6. The van der Waals surface area contributed by atoms with E-state index < -0.39 is 10.0 Å². The van der Waals surface area contributed by atoms with Gasteiger partial charge in [0.2, 0.25) is 0 Å². The summed E-state index contributed by atoms with van der Waals surface area (Å²) < 4.78 is 34.1. The predicted octanol–water partition coefficient (Wildman–Crippen LogP) is 2.00. The number of hydrogen-bond acceptors (Lipinski definition) is 6. The van der Waals surface area contributed by atoms with Gasteiger partial charge >= 0.3 is 0 Å². The third kappa shape index (κ3) is 3.14. The highest BCUT2D eigenvalue weighted by Crippen LogP contribution is 2.39. The van der Waals surface area contributed by atoms with E-state index in [1.165, 1.54) is 10.0 Å². The zero-order valence-electron chi connectivity index (χ0n) is 15.8. The van der Waals surface area contributed by atoms with Gasteiger partial charge in [-0.25, -0.2) is 12.4 Å². The summed E-state index contributed by atoms with van der Waals surface area (Å²) in [5.41, 5.74) is 2.79. The van der Waals surface area contributed by atoms with E-state index in [1.807, 2.05) is 6.21 Å². The molecule has 1 atom stereocenters. The van der Waals surface area contributed by atoms with Crippen molar-refractivity contribution in [2.24, 2.45) is 4.99 Å². The maximum atomic E-state index is 13.6. The zero-order chi connectivity index (χ0) is 20.0. The quantitative estimate of drug-likeness (QED) is 0.797. The van der Waals surface area contributed by atoms with Crippen molar-refractivity contribution in [1.82, 2.24) is 9.29 Å². The van der Waals surface area contributed by atoms with Gasteiger partial charge in [0.25, 0.3) is 15.9 Å². The van der Waals surface area contributed by atoms with Crippen LogP contribution in [0.15, 0.2) is 34.3 Å². The Labute approximate surface area is 169 Å². The average molecular weight is 414 g/mol. The van der Waals surface area contributed by atoms with Crippen LogP contribution in [0.4, 0.5) is 11.4 Å². The molecular weight excluding hydrogens is 392 g/mol. The van der Waals surface area contributed by atoms with Crippen molar-refractivity contribution >= 4 is 33.5 Å². The van der Waals surface area contributed by atoms with Gasteiger partial charge in [-0.2, -0.15) is 0 Å². The second-order valence-corrected chi connectivity index (χ2v) is 9.35. The molecular formula is C20H22N4O4S. The van der Waals surface area contributed by atoms with E-state index in [2.05, 4.69) is 15.6 Å². The number of carbonyl (C=O) groups is 1. The molecule has 1 amide bonds. The molecule has 1 aromatic carbocycles. The van der Waals surface area contributed by atoms with Crippen molar-refractivity contribution in [3.05, 3.63) is 35.7 Å². The molecule has 0 spiro atoms. The molecule has 1 saturated heterocycles. The monoisotopic (exact) mass is 414 g/mol. The van der Waals surface area contributed by atoms with Crippen LogP contribution in [0.2, 0.25) is 0 Å². The summed E-state index contributed by atoms with van der Waals surface area (Å²) in [5.74, 6) is -0.112. The Bertz CT molecular complexity index is 1110. The van der Waals surface area contributed by atoms with Gasteiger partial charge < -0.3 is 15.4 Å². The number of nitrogens with one attached hydrogen (secondary N) is 2. The number of para-hydroxylation sites is 1. The number of ether oxygens (including phenoxy) is 1. The topological polar surface area (TPSA) is 102 Å². The summed E-state index contributed by atoms with van der Waals surface area (Å²) in [7, 11) is -3.91. The fourth-order valence-corrected chi connectivity index (χ4v) is 5.87. The molecule has 1 aromatic heterocycles. The zero-order valence-corrected chi connectivity index (χ0v) is 16.7. The van der Waals surface area contributed by atoms with Crippen LogP contribution in [0.25, 0.3) is 0 Å². The summed E-state index contributed by atoms with van der Waals surface area (Å²) in [4.78, 5) is 16.2. The van der Waals surface area contributed by atoms with Crippen molar-refractivity contribution in [3.63, 3.8) is 0 Å². The molecule has 2 aromatic rings. The van der Waals surface area contributed by atoms with Gasteiger partial charge in [0.15, 0.2) is 12.4 Å². The smallest absolute Gasteiger partial charge is 0.271 e. The van der Waals surface area contributed by atoms with Crippen LogP contribution in [-0.4, -0.2) is 43.7 Å². The van der Waals surface area contributed by atoms with E-state index in [0.29, 0.717) is 30.3 Å². The molecule has 0 bridgehead atoms. The van der Waals surface area contributed by atoms with Crippen LogP contribution in [0.1, 0.15) is 30.5 Å². The van der Waals surface area contributed by atoms with Crippen molar-refractivity contribution in [3.8, 4) is 5.75 Å². The number of benzene rings is 1. The molecule has 152 valence electrons. The molecule has 5 rings (SSSR count). The molecule has 0 saturated carbocycles. The number of carbonyl (C=O) groups excluding carboxylic acids is 1. The number of amides is 1. The van der Waals surface area contributed by atoms with Crippen molar-refractivity contribution in [2.45, 2.75) is 43.0 Å². The van der Waals surface area contributed by atoms with Crippen molar-refractivity contribution in [2.75, 3.05) is 18.5 Å². The van der Waals surface area contributed by atoms with Gasteiger partial charge in [-0.1, -0.05) is 6.07 Å². The first-order valence-corrected chi connectivity index (χ1v) is 11.3. The summed E-state index contributed by atoms with van der Waals surface area (Å²) in [6.07, 6.45) is 7.85. The molecule has 1 fully saturated rings. The number of fused-ring (bicyclic) bond motifs is 2. The van der Waals surface area contributed by atoms with Gasteiger partial charge in [-0.15, -0.1) is 0 Å². The molecule has 3 aliphatic rings. The second-order valence-electron chi connectivity index (χ2n) is 7.57. The molecule has 0 aliphatic carbocycles. The highest BCUT2D eigenvalue weighted by Gasteiger charge is 2.32. The van der Waals surface area contributed by atoms with Crippen LogP contribution in [0.5, 0.6) is 5.75 Å². The van der Waals surface area contributed by atoms with Crippen LogP contribution >= 0.6 is 0 Å². The van der Waals surface area contributed by atoms with Gasteiger partial charge in [-0.05, 0) is 56.3 Å². The molecule has 0 unspecified atom stereocenters. The van der Waals surface area contributed by atoms with E-state index >= 15 is 0 Å². The average Bonchev–Trinajstić information content (AvgIpc) is 3.36. The fraction of sp³-hybridized carbons (Fsp3) is 0.400. The lowest BCUT2D eigenvalue weighted by Crippen LogP contribution is -2.27. The summed E-state index contributed by atoms with van der Waals surface area (Å²) in [5, 5.41) is 6.14. The maximum Gasteiger partial charge on any atom is 0.271 e. The van der Waals surface area contributed by atoms with Gasteiger partial charge in [0.1, 0.15) is 4.90 Å². The lowest BCUT2D eigenvalue weighted by atomic mass is 10.0. The second kappa shape index (κ2) is 7.00. The molecule has 29 heavy (non-hydrogen) atoms. The molecule has 4 heterocycles. The Morgan fingerprint density at radius 1 is 1.31 bits per heavy atom. The normalized spacial score (nSPS) is 20.7. The van der Waals surface area contributed by atoms with E-state index in [0.717, 1.165) is 37.1 Å². The SMILES string of the molecule is O=C1COc2c(cccc2S(=O)(=O)n2cc(C[C@H]3CCCN3)c3c2CCC=N3)N1. The third-order valence-electron chi connectivity index (χ3n) is 5.61. The summed E-state index contributed by atoms with van der Waals surface area (Å²) >= 11 is 0. The van der Waals surface area contributed by atoms with Crippen LogP contribution in [-0.2, 0) is 27.7 Å². The molecule has 2 N–H and O–H groups in total.